The summed E-state index contributed by atoms with van der Waals surface area (Å²) in [5.74, 6) is -4.21. The van der Waals surface area contributed by atoms with Gasteiger partial charge in [-0.3, -0.25) is 19.2 Å². The molecule has 25 heavy (non-hydrogen) atoms. The molecule has 11 nitrogen and oxygen atoms in total. The van der Waals surface area contributed by atoms with Gasteiger partial charge in [0.15, 0.2) is 0 Å². The van der Waals surface area contributed by atoms with Crippen LogP contribution in [0.15, 0.2) is 12.2 Å². The molecule has 0 saturated heterocycles. The smallest absolute Gasteiger partial charge is 0.330 e. The lowest BCUT2D eigenvalue weighted by Gasteiger charge is -2.21. The predicted molar refractivity (Wildman–Crippen MR) is 85.0 cm³/mol. The van der Waals surface area contributed by atoms with Crippen LogP contribution in [0, 0.1) is 0 Å². The first kappa shape index (κ1) is 22.1. The van der Waals surface area contributed by atoms with Crippen molar-refractivity contribution in [3.63, 3.8) is 0 Å². The largest absolute Gasteiger partial charge is 0.480 e. The number of nitrogens with two attached hydrogens (primary N) is 1. The second-order valence-corrected chi connectivity index (χ2v) is 5.02. The van der Waals surface area contributed by atoms with Crippen LogP contribution in [-0.2, 0) is 28.7 Å². The summed E-state index contributed by atoms with van der Waals surface area (Å²) in [6, 6.07) is -3.37. The molecule has 6 N–H and O–H groups in total. The molecule has 3 unspecified atom stereocenters. The minimum absolute atomic E-state index is 0.346. The number of amides is 3. The highest BCUT2D eigenvalue weighted by atomic mass is 16.5. The van der Waals surface area contributed by atoms with E-state index in [0.29, 0.717) is 0 Å². The normalized spacial score (nSPS) is 14.1. The molecule has 0 rings (SSSR count). The standard InChI is InChI=1S/C14H22N4O7/c1-7(15)12(21)18-9(13(22)17-8(2)14(23)24)6-16-10(19)4-5-11(20)25-3/h4-5,7-9H,6,15H2,1-3H3,(H,16,19)(H,17,22)(H,18,21)(H,23,24)/b5-4+. The van der Waals surface area contributed by atoms with Crippen molar-refractivity contribution in [3.8, 4) is 0 Å². The van der Waals surface area contributed by atoms with Gasteiger partial charge in [0.2, 0.25) is 17.7 Å². The van der Waals surface area contributed by atoms with Crippen LogP contribution in [0.1, 0.15) is 13.8 Å². The van der Waals surface area contributed by atoms with E-state index in [0.717, 1.165) is 19.3 Å². The fourth-order valence-electron chi connectivity index (χ4n) is 1.36. The fourth-order valence-corrected chi connectivity index (χ4v) is 1.36. The van der Waals surface area contributed by atoms with Gasteiger partial charge in [-0.15, -0.1) is 0 Å². The second-order valence-electron chi connectivity index (χ2n) is 5.02. The van der Waals surface area contributed by atoms with E-state index in [-0.39, 0.29) is 6.54 Å². The summed E-state index contributed by atoms with van der Waals surface area (Å²) in [6.07, 6.45) is 1.76. The van der Waals surface area contributed by atoms with E-state index in [9.17, 15) is 24.0 Å². The zero-order chi connectivity index (χ0) is 19.6. The molecule has 0 spiro atoms. The maximum absolute atomic E-state index is 12.1. The first-order chi connectivity index (χ1) is 11.6. The molecular formula is C14H22N4O7. The van der Waals surface area contributed by atoms with Gasteiger partial charge in [-0.05, 0) is 13.8 Å². The van der Waals surface area contributed by atoms with Crippen molar-refractivity contribution in [3.05, 3.63) is 12.2 Å². The number of carboxylic acids is 1. The maximum Gasteiger partial charge on any atom is 0.330 e. The van der Waals surface area contributed by atoms with Gasteiger partial charge >= 0.3 is 11.9 Å². The molecule has 11 heteroatoms. The highest BCUT2D eigenvalue weighted by Gasteiger charge is 2.25. The number of nitrogens with one attached hydrogen (secondary N) is 3. The molecule has 0 radical (unpaired) electrons. The summed E-state index contributed by atoms with van der Waals surface area (Å²) >= 11 is 0. The van der Waals surface area contributed by atoms with Crippen molar-refractivity contribution in [1.82, 2.24) is 16.0 Å². The Hall–Kier alpha value is -2.95. The summed E-state index contributed by atoms with van der Waals surface area (Å²) in [6.45, 7) is 2.28. The molecule has 0 aromatic heterocycles. The number of methoxy groups -OCH3 is 1. The molecule has 3 amide bonds. The van der Waals surface area contributed by atoms with E-state index in [2.05, 4.69) is 20.7 Å². The van der Waals surface area contributed by atoms with Crippen molar-refractivity contribution < 1.29 is 33.8 Å². The van der Waals surface area contributed by atoms with Crippen LogP contribution in [0.4, 0.5) is 0 Å². The van der Waals surface area contributed by atoms with Crippen LogP contribution >= 0.6 is 0 Å². The van der Waals surface area contributed by atoms with Gasteiger partial charge in [-0.25, -0.2) is 4.79 Å². The molecule has 140 valence electrons. The first-order valence-corrected chi connectivity index (χ1v) is 7.21. The highest BCUT2D eigenvalue weighted by molar-refractivity contribution is 5.95. The van der Waals surface area contributed by atoms with Gasteiger partial charge in [0.1, 0.15) is 12.1 Å². The average Bonchev–Trinajstić information content (AvgIpc) is 2.55. The molecule has 0 aliphatic heterocycles. The van der Waals surface area contributed by atoms with Crippen molar-refractivity contribution in [2.45, 2.75) is 32.0 Å². The highest BCUT2D eigenvalue weighted by Crippen LogP contribution is 1.90. The van der Waals surface area contributed by atoms with E-state index in [4.69, 9.17) is 10.8 Å². The monoisotopic (exact) mass is 358 g/mol. The number of carbonyl (C=O) groups excluding carboxylic acids is 4. The van der Waals surface area contributed by atoms with E-state index in [1.165, 1.54) is 13.8 Å². The van der Waals surface area contributed by atoms with Gasteiger partial charge in [0, 0.05) is 18.7 Å². The minimum atomic E-state index is -1.27. The molecule has 0 bridgehead atoms. The van der Waals surface area contributed by atoms with Gasteiger partial charge < -0.3 is 31.5 Å². The third-order valence-electron chi connectivity index (χ3n) is 2.83. The van der Waals surface area contributed by atoms with E-state index >= 15 is 0 Å². The first-order valence-electron chi connectivity index (χ1n) is 7.21. The number of hydrogen-bond donors (Lipinski definition) is 5. The SMILES string of the molecule is COC(=O)/C=C/C(=O)NCC(NC(=O)C(C)N)C(=O)NC(C)C(=O)O. The Morgan fingerprint density at radius 3 is 2.16 bits per heavy atom. The molecule has 0 heterocycles. The molecule has 3 atom stereocenters. The Morgan fingerprint density at radius 2 is 1.68 bits per heavy atom. The molecule has 0 aromatic rings. The van der Waals surface area contributed by atoms with E-state index < -0.39 is 47.8 Å². The van der Waals surface area contributed by atoms with Crippen LogP contribution < -0.4 is 21.7 Å². The number of hydrogen-bond acceptors (Lipinski definition) is 7. The third-order valence-corrected chi connectivity index (χ3v) is 2.83. The Labute approximate surface area is 143 Å². The fraction of sp³-hybridized carbons (Fsp3) is 0.500. The van der Waals surface area contributed by atoms with Gasteiger partial charge in [-0.1, -0.05) is 0 Å². The molecule has 0 fully saturated rings. The molecule has 0 aromatic carbocycles. The maximum atomic E-state index is 12.1. The average molecular weight is 358 g/mol. The minimum Gasteiger partial charge on any atom is -0.480 e. The van der Waals surface area contributed by atoms with E-state index in [1.54, 1.807) is 0 Å². The summed E-state index contributed by atoms with van der Waals surface area (Å²) < 4.78 is 4.31. The predicted octanol–water partition coefficient (Wildman–Crippen LogP) is -2.75. The lowest BCUT2D eigenvalue weighted by molar-refractivity contribution is -0.141. The van der Waals surface area contributed by atoms with Crippen molar-refractivity contribution in [1.29, 1.82) is 0 Å². The summed E-state index contributed by atoms with van der Waals surface area (Å²) in [4.78, 5) is 57.0. The van der Waals surface area contributed by atoms with Crippen LogP contribution in [0.5, 0.6) is 0 Å². The number of carboxylic acid groups (broad SMARTS) is 1. The zero-order valence-electron chi connectivity index (χ0n) is 14.1. The lowest BCUT2D eigenvalue weighted by Crippen LogP contribution is -2.57. The van der Waals surface area contributed by atoms with Crippen LogP contribution in [0.25, 0.3) is 0 Å². The number of aliphatic carboxylic acids is 1. The number of ether oxygens (including phenoxy) is 1. The molecule has 0 saturated carbocycles. The van der Waals surface area contributed by atoms with E-state index in [1.807, 2.05) is 0 Å². The summed E-state index contributed by atoms with van der Waals surface area (Å²) in [5.41, 5.74) is 5.40. The Bertz CT molecular complexity index is 559. The lowest BCUT2D eigenvalue weighted by atomic mass is 10.2. The molecular weight excluding hydrogens is 336 g/mol. The van der Waals surface area contributed by atoms with Crippen LogP contribution in [0.3, 0.4) is 0 Å². The van der Waals surface area contributed by atoms with Crippen molar-refractivity contribution in [2.75, 3.05) is 13.7 Å². The van der Waals surface area contributed by atoms with Gasteiger partial charge in [0.05, 0.1) is 13.2 Å². The van der Waals surface area contributed by atoms with Gasteiger partial charge in [-0.2, -0.15) is 0 Å². The summed E-state index contributed by atoms with van der Waals surface area (Å²) in [5, 5.41) is 15.6. The third kappa shape index (κ3) is 9.05. The second kappa shape index (κ2) is 10.8. The Kier molecular flexibility index (Phi) is 9.49. The topological polar surface area (TPSA) is 177 Å². The summed E-state index contributed by atoms with van der Waals surface area (Å²) in [7, 11) is 1.14. The number of esters is 1. The molecule has 0 aliphatic rings. The van der Waals surface area contributed by atoms with Gasteiger partial charge in [0.25, 0.3) is 0 Å². The number of rotatable bonds is 9. The number of carbonyl (C=O) groups is 5. The zero-order valence-corrected chi connectivity index (χ0v) is 14.1. The van der Waals surface area contributed by atoms with Crippen molar-refractivity contribution in [2.24, 2.45) is 5.73 Å². The van der Waals surface area contributed by atoms with Crippen molar-refractivity contribution >= 4 is 29.7 Å². The molecule has 0 aliphatic carbocycles. The van der Waals surface area contributed by atoms with Crippen LogP contribution in [-0.4, -0.2) is 66.5 Å². The quantitative estimate of drug-likeness (QED) is 0.217. The Morgan fingerprint density at radius 1 is 1.08 bits per heavy atom. The Balaban J connectivity index is 4.89. The van der Waals surface area contributed by atoms with Crippen LogP contribution in [0.2, 0.25) is 0 Å².